The summed E-state index contributed by atoms with van der Waals surface area (Å²) in [7, 11) is 0. The maximum atomic E-state index is 9.08. The second-order valence-electron chi connectivity index (χ2n) is 4.42. The van der Waals surface area contributed by atoms with Crippen LogP contribution in [0.4, 0.5) is 0 Å². The SMILES string of the molecule is OCc1ccnc(C2CN3CCN2CC3)n1. The van der Waals surface area contributed by atoms with Crippen molar-refractivity contribution in [3.63, 3.8) is 0 Å². The monoisotopic (exact) mass is 220 g/mol. The van der Waals surface area contributed by atoms with E-state index in [1.807, 2.05) is 0 Å². The van der Waals surface area contributed by atoms with Gasteiger partial charge in [0.25, 0.3) is 0 Å². The predicted octanol–water partition coefficient (Wildman–Crippen LogP) is -0.359. The molecule has 5 nitrogen and oxygen atoms in total. The molecule has 1 aromatic rings. The van der Waals surface area contributed by atoms with Gasteiger partial charge in [0.1, 0.15) is 5.82 Å². The van der Waals surface area contributed by atoms with Crippen LogP contribution in [0.3, 0.4) is 0 Å². The Bertz CT molecular complexity index is 376. The average molecular weight is 220 g/mol. The molecule has 1 atom stereocenters. The highest BCUT2D eigenvalue weighted by atomic mass is 16.3. The van der Waals surface area contributed by atoms with Gasteiger partial charge in [0, 0.05) is 38.9 Å². The topological polar surface area (TPSA) is 52.5 Å². The fourth-order valence-electron chi connectivity index (χ4n) is 2.52. The zero-order valence-corrected chi connectivity index (χ0v) is 9.21. The van der Waals surface area contributed by atoms with Gasteiger partial charge < -0.3 is 5.11 Å². The lowest BCUT2D eigenvalue weighted by molar-refractivity contribution is 0.00846. The smallest absolute Gasteiger partial charge is 0.147 e. The number of hydrogen-bond acceptors (Lipinski definition) is 5. The molecule has 5 heteroatoms. The quantitative estimate of drug-likeness (QED) is 0.737. The minimum absolute atomic E-state index is 0.00798. The lowest BCUT2D eigenvalue weighted by Crippen LogP contribution is -2.57. The Morgan fingerprint density at radius 2 is 2.12 bits per heavy atom. The normalized spacial score (nSPS) is 32.9. The number of aromatic nitrogens is 2. The third kappa shape index (κ3) is 1.71. The van der Waals surface area contributed by atoms with Gasteiger partial charge >= 0.3 is 0 Å². The molecule has 2 bridgehead atoms. The van der Waals surface area contributed by atoms with Crippen molar-refractivity contribution < 1.29 is 5.11 Å². The first-order valence-corrected chi connectivity index (χ1v) is 5.76. The van der Waals surface area contributed by atoms with Gasteiger partial charge in [0.05, 0.1) is 18.3 Å². The zero-order chi connectivity index (χ0) is 11.0. The van der Waals surface area contributed by atoms with E-state index in [-0.39, 0.29) is 6.61 Å². The van der Waals surface area contributed by atoms with Crippen LogP contribution in [0.5, 0.6) is 0 Å². The molecule has 4 heterocycles. The summed E-state index contributed by atoms with van der Waals surface area (Å²) in [6, 6.07) is 2.08. The molecule has 4 rings (SSSR count). The van der Waals surface area contributed by atoms with E-state index in [2.05, 4.69) is 19.8 Å². The molecule has 0 aliphatic carbocycles. The first kappa shape index (κ1) is 10.1. The minimum Gasteiger partial charge on any atom is -0.390 e. The number of piperazine rings is 3. The summed E-state index contributed by atoms with van der Waals surface area (Å²) in [5, 5.41) is 9.08. The summed E-state index contributed by atoms with van der Waals surface area (Å²) in [4.78, 5) is 13.6. The van der Waals surface area contributed by atoms with Crippen molar-refractivity contribution in [1.29, 1.82) is 0 Å². The molecule has 0 spiro atoms. The van der Waals surface area contributed by atoms with Crippen molar-refractivity contribution in [2.75, 3.05) is 32.7 Å². The van der Waals surface area contributed by atoms with E-state index in [1.165, 1.54) is 0 Å². The van der Waals surface area contributed by atoms with E-state index in [0.717, 1.165) is 38.5 Å². The van der Waals surface area contributed by atoms with E-state index in [1.54, 1.807) is 12.3 Å². The molecule has 3 aliphatic rings. The first-order valence-electron chi connectivity index (χ1n) is 5.76. The number of hydrogen-bond donors (Lipinski definition) is 1. The van der Waals surface area contributed by atoms with Crippen molar-refractivity contribution in [1.82, 2.24) is 19.8 Å². The minimum atomic E-state index is -0.00798. The van der Waals surface area contributed by atoms with E-state index in [4.69, 9.17) is 5.11 Å². The third-order valence-electron chi connectivity index (χ3n) is 3.47. The zero-order valence-electron chi connectivity index (χ0n) is 9.21. The third-order valence-corrected chi connectivity index (χ3v) is 3.47. The molecule has 0 aromatic carbocycles. The molecule has 3 fully saturated rings. The van der Waals surface area contributed by atoms with Crippen molar-refractivity contribution in [2.45, 2.75) is 12.6 Å². The van der Waals surface area contributed by atoms with Gasteiger partial charge in [-0.25, -0.2) is 9.97 Å². The van der Waals surface area contributed by atoms with E-state index in [0.29, 0.717) is 11.7 Å². The molecule has 86 valence electrons. The number of fused-ring (bicyclic) bond motifs is 3. The molecule has 3 saturated heterocycles. The maximum absolute atomic E-state index is 9.08. The maximum Gasteiger partial charge on any atom is 0.147 e. The van der Waals surface area contributed by atoms with Crippen LogP contribution in [0.25, 0.3) is 0 Å². The molecular weight excluding hydrogens is 204 g/mol. The lowest BCUT2D eigenvalue weighted by Gasteiger charge is -2.46. The summed E-state index contributed by atoms with van der Waals surface area (Å²) in [6.07, 6.45) is 1.74. The van der Waals surface area contributed by atoms with Crippen LogP contribution >= 0.6 is 0 Å². The van der Waals surface area contributed by atoms with Crippen LogP contribution in [0.2, 0.25) is 0 Å². The van der Waals surface area contributed by atoms with Gasteiger partial charge in [-0.05, 0) is 6.07 Å². The van der Waals surface area contributed by atoms with Crippen molar-refractivity contribution in [3.8, 4) is 0 Å². The number of rotatable bonds is 2. The van der Waals surface area contributed by atoms with Gasteiger partial charge in [-0.15, -0.1) is 0 Å². The summed E-state index contributed by atoms with van der Waals surface area (Å²) in [5.41, 5.74) is 0.711. The summed E-state index contributed by atoms with van der Waals surface area (Å²) in [6.45, 7) is 5.56. The van der Waals surface area contributed by atoms with Gasteiger partial charge in [0.2, 0.25) is 0 Å². The fourth-order valence-corrected chi connectivity index (χ4v) is 2.52. The van der Waals surface area contributed by atoms with Crippen molar-refractivity contribution in [3.05, 3.63) is 23.8 Å². The van der Waals surface area contributed by atoms with E-state index in [9.17, 15) is 0 Å². The summed E-state index contributed by atoms with van der Waals surface area (Å²) >= 11 is 0. The molecule has 16 heavy (non-hydrogen) atoms. The summed E-state index contributed by atoms with van der Waals surface area (Å²) < 4.78 is 0. The average Bonchev–Trinajstić information content (AvgIpc) is 2.40. The number of nitrogens with zero attached hydrogens (tertiary/aromatic N) is 4. The molecule has 1 N–H and O–H groups in total. The number of aliphatic hydroxyl groups is 1. The predicted molar refractivity (Wildman–Crippen MR) is 58.7 cm³/mol. The van der Waals surface area contributed by atoms with E-state index >= 15 is 0 Å². The molecular formula is C11H16N4O. The highest BCUT2D eigenvalue weighted by Crippen LogP contribution is 2.26. The lowest BCUT2D eigenvalue weighted by atomic mass is 10.1. The molecule has 1 unspecified atom stereocenters. The molecule has 3 aliphatic heterocycles. The standard InChI is InChI=1S/C11H16N4O/c16-8-9-1-2-12-11(13-9)10-7-14-3-5-15(10)6-4-14/h1-2,10,16H,3-8H2. The second kappa shape index (κ2) is 4.08. The Morgan fingerprint density at radius 3 is 2.75 bits per heavy atom. The van der Waals surface area contributed by atoms with Crippen molar-refractivity contribution in [2.24, 2.45) is 0 Å². The molecule has 1 aromatic heterocycles. The van der Waals surface area contributed by atoms with Crippen LogP contribution in [0, 0.1) is 0 Å². The van der Waals surface area contributed by atoms with E-state index < -0.39 is 0 Å². The van der Waals surface area contributed by atoms with Gasteiger partial charge in [-0.3, -0.25) is 9.80 Å². The Balaban J connectivity index is 1.86. The molecule has 0 radical (unpaired) electrons. The van der Waals surface area contributed by atoms with Gasteiger partial charge in [-0.1, -0.05) is 0 Å². The van der Waals surface area contributed by atoms with Crippen LogP contribution in [-0.4, -0.2) is 57.6 Å². The van der Waals surface area contributed by atoms with Gasteiger partial charge in [0.15, 0.2) is 0 Å². The van der Waals surface area contributed by atoms with Crippen LogP contribution < -0.4 is 0 Å². The highest BCUT2D eigenvalue weighted by Gasteiger charge is 2.34. The van der Waals surface area contributed by atoms with Gasteiger partial charge in [-0.2, -0.15) is 0 Å². The second-order valence-corrected chi connectivity index (χ2v) is 4.42. The summed E-state index contributed by atoms with van der Waals surface area (Å²) in [5.74, 6) is 0.857. The van der Waals surface area contributed by atoms with Crippen molar-refractivity contribution >= 4 is 0 Å². The molecule has 0 saturated carbocycles. The fraction of sp³-hybridized carbons (Fsp3) is 0.636. The van der Waals surface area contributed by atoms with Crippen LogP contribution in [-0.2, 0) is 6.61 Å². The first-order chi connectivity index (χ1) is 7.86. The Labute approximate surface area is 94.7 Å². The largest absolute Gasteiger partial charge is 0.390 e. The Hall–Kier alpha value is -1.04. The van der Waals surface area contributed by atoms with Crippen LogP contribution in [0.1, 0.15) is 17.6 Å². The Kier molecular flexibility index (Phi) is 2.59. The number of aliphatic hydroxyl groups excluding tert-OH is 1. The van der Waals surface area contributed by atoms with Crippen LogP contribution in [0.15, 0.2) is 12.3 Å². The Morgan fingerprint density at radius 1 is 1.31 bits per heavy atom. The molecule has 0 amide bonds. The highest BCUT2D eigenvalue weighted by molar-refractivity contribution is 5.07.